The topological polar surface area (TPSA) is 95.1 Å². The summed E-state index contributed by atoms with van der Waals surface area (Å²) in [4.78, 5) is 12.4. The van der Waals surface area contributed by atoms with Crippen molar-refractivity contribution in [2.45, 2.75) is 50.2 Å². The Hall–Kier alpha value is -3.00. The summed E-state index contributed by atoms with van der Waals surface area (Å²) in [6.45, 7) is 6.78. The highest BCUT2D eigenvalue weighted by molar-refractivity contribution is 8.00. The van der Waals surface area contributed by atoms with Crippen LogP contribution in [0.4, 0.5) is 0 Å². The first-order valence-electron chi connectivity index (χ1n) is 9.84. The van der Waals surface area contributed by atoms with Crippen molar-refractivity contribution in [3.8, 4) is 5.75 Å². The molecule has 0 spiro atoms. The second-order valence-electron chi connectivity index (χ2n) is 7.24. The van der Waals surface area contributed by atoms with Crippen LogP contribution in [0.25, 0.3) is 0 Å². The van der Waals surface area contributed by atoms with Gasteiger partial charge in [-0.15, -0.1) is 10.2 Å². The molecule has 0 saturated heterocycles. The first-order chi connectivity index (χ1) is 14.4. The zero-order valence-corrected chi connectivity index (χ0v) is 18.2. The van der Waals surface area contributed by atoms with Gasteiger partial charge in [0.2, 0.25) is 11.1 Å². The van der Waals surface area contributed by atoms with Crippen LogP contribution in [0.3, 0.4) is 0 Å². The van der Waals surface area contributed by atoms with Crippen molar-refractivity contribution in [3.63, 3.8) is 0 Å². The maximum Gasteiger partial charge on any atom is 0.233 e. The summed E-state index contributed by atoms with van der Waals surface area (Å²) in [5.74, 6) is 7.72. The molecular weight excluding hydrogens is 398 g/mol. The van der Waals surface area contributed by atoms with Crippen molar-refractivity contribution >= 4 is 17.7 Å². The van der Waals surface area contributed by atoms with E-state index in [-0.39, 0.29) is 17.8 Å². The molecule has 1 amide bonds. The van der Waals surface area contributed by atoms with Gasteiger partial charge in [-0.1, -0.05) is 68.1 Å². The number of nitrogen functional groups attached to an aromatic ring is 1. The van der Waals surface area contributed by atoms with E-state index in [4.69, 9.17) is 10.6 Å². The van der Waals surface area contributed by atoms with Gasteiger partial charge in [0, 0.05) is 6.54 Å². The summed E-state index contributed by atoms with van der Waals surface area (Å²) in [5.41, 5.74) is 2.30. The molecule has 3 rings (SSSR count). The molecular formula is C22H27N5O2S. The van der Waals surface area contributed by atoms with Crippen molar-refractivity contribution in [2.24, 2.45) is 0 Å². The summed E-state index contributed by atoms with van der Waals surface area (Å²) in [5, 5.41) is 11.2. The Morgan fingerprint density at radius 1 is 1.10 bits per heavy atom. The van der Waals surface area contributed by atoms with E-state index in [1.165, 1.54) is 22.0 Å². The molecule has 1 aromatic heterocycles. The van der Waals surface area contributed by atoms with Gasteiger partial charge in [-0.05, 0) is 36.1 Å². The number of nitrogens with zero attached hydrogens (tertiary/aromatic N) is 3. The zero-order chi connectivity index (χ0) is 21.5. The van der Waals surface area contributed by atoms with Gasteiger partial charge in [-0.25, -0.2) is 4.68 Å². The molecule has 8 heteroatoms. The van der Waals surface area contributed by atoms with Gasteiger partial charge in [0.25, 0.3) is 0 Å². The van der Waals surface area contributed by atoms with Gasteiger partial charge in [0.15, 0.2) is 5.82 Å². The van der Waals surface area contributed by atoms with Gasteiger partial charge in [-0.3, -0.25) is 4.79 Å². The van der Waals surface area contributed by atoms with Crippen molar-refractivity contribution in [2.75, 3.05) is 5.84 Å². The first kappa shape index (κ1) is 21.7. The summed E-state index contributed by atoms with van der Waals surface area (Å²) in [6.07, 6.45) is 0. The zero-order valence-electron chi connectivity index (χ0n) is 17.4. The molecule has 0 aliphatic carbocycles. The van der Waals surface area contributed by atoms with Gasteiger partial charge < -0.3 is 15.9 Å². The molecule has 158 valence electrons. The van der Waals surface area contributed by atoms with Crippen LogP contribution in [0, 0.1) is 0 Å². The molecule has 2 aromatic carbocycles. The maximum absolute atomic E-state index is 12.4. The molecule has 0 saturated carbocycles. The van der Waals surface area contributed by atoms with Crippen molar-refractivity contribution in [1.82, 2.24) is 20.2 Å². The third-order valence-corrected chi connectivity index (χ3v) is 5.67. The lowest BCUT2D eigenvalue weighted by Gasteiger charge is -2.12. The Kier molecular flexibility index (Phi) is 7.35. The molecule has 30 heavy (non-hydrogen) atoms. The third kappa shape index (κ3) is 5.76. The van der Waals surface area contributed by atoms with Crippen LogP contribution in [-0.2, 0) is 17.9 Å². The number of benzene rings is 2. The predicted molar refractivity (Wildman–Crippen MR) is 119 cm³/mol. The monoisotopic (exact) mass is 425 g/mol. The normalized spacial score (nSPS) is 12.0. The summed E-state index contributed by atoms with van der Waals surface area (Å²) in [6, 6.07) is 17.7. The van der Waals surface area contributed by atoms with E-state index in [0.29, 0.717) is 23.4 Å². The fraction of sp³-hybridized carbons (Fsp3) is 0.318. The second-order valence-corrected chi connectivity index (χ2v) is 8.55. The van der Waals surface area contributed by atoms with Crippen LogP contribution in [0.15, 0.2) is 59.8 Å². The van der Waals surface area contributed by atoms with E-state index in [2.05, 4.69) is 29.4 Å². The average Bonchev–Trinajstić information content (AvgIpc) is 3.10. The van der Waals surface area contributed by atoms with E-state index in [0.717, 1.165) is 11.3 Å². The molecule has 0 fully saturated rings. The number of aromatic nitrogens is 3. The van der Waals surface area contributed by atoms with Crippen LogP contribution in [0.5, 0.6) is 5.75 Å². The number of hydrogen-bond acceptors (Lipinski definition) is 6. The van der Waals surface area contributed by atoms with E-state index in [1.807, 2.05) is 61.5 Å². The minimum Gasteiger partial charge on any atom is -0.486 e. The molecule has 3 N–H and O–H groups in total. The highest BCUT2D eigenvalue weighted by Gasteiger charge is 2.19. The maximum atomic E-state index is 12.4. The second kappa shape index (κ2) is 10.2. The average molecular weight is 426 g/mol. The van der Waals surface area contributed by atoms with E-state index in [1.54, 1.807) is 0 Å². The van der Waals surface area contributed by atoms with E-state index < -0.39 is 0 Å². The molecule has 0 aliphatic heterocycles. The standard InChI is InChI=1S/C22H27N5O2S/c1-15(2)18-9-11-19(12-10-18)29-14-20-25-26-22(27(20)23)30-16(3)21(28)24-13-17-7-5-4-6-8-17/h4-12,15-16H,13-14,23H2,1-3H3,(H,24,28)/t16-/m0/s1. The highest BCUT2D eigenvalue weighted by atomic mass is 32.2. The smallest absolute Gasteiger partial charge is 0.233 e. The van der Waals surface area contributed by atoms with Crippen LogP contribution in [-0.4, -0.2) is 26.0 Å². The number of carbonyl (C=O) groups excluding carboxylic acids is 1. The Balaban J connectivity index is 1.52. The van der Waals surface area contributed by atoms with Crippen LogP contribution < -0.4 is 15.9 Å². The fourth-order valence-corrected chi connectivity index (χ4v) is 3.54. The minimum atomic E-state index is -0.363. The number of rotatable bonds is 9. The summed E-state index contributed by atoms with van der Waals surface area (Å²) in [7, 11) is 0. The Labute approximate surface area is 181 Å². The number of nitrogens with two attached hydrogens (primary N) is 1. The quantitative estimate of drug-likeness (QED) is 0.402. The van der Waals surface area contributed by atoms with Crippen LogP contribution in [0.1, 0.15) is 43.6 Å². The number of thioether (sulfide) groups is 1. The first-order valence-corrected chi connectivity index (χ1v) is 10.7. The number of amides is 1. The summed E-state index contributed by atoms with van der Waals surface area (Å²) >= 11 is 1.26. The SMILES string of the molecule is CC(C)c1ccc(OCc2nnc(S[C@@H](C)C(=O)NCc3ccccc3)n2N)cc1. The molecule has 7 nitrogen and oxygen atoms in total. The third-order valence-electron chi connectivity index (χ3n) is 4.61. The predicted octanol–water partition coefficient (Wildman–Crippen LogP) is 3.49. The van der Waals surface area contributed by atoms with Crippen molar-refractivity contribution in [3.05, 3.63) is 71.5 Å². The fourth-order valence-electron chi connectivity index (χ4n) is 2.72. The molecule has 0 bridgehead atoms. The molecule has 1 heterocycles. The Bertz CT molecular complexity index is 957. The number of ether oxygens (including phenoxy) is 1. The number of carbonyl (C=O) groups is 1. The molecule has 1 atom stereocenters. The van der Waals surface area contributed by atoms with Gasteiger partial charge in [-0.2, -0.15) is 0 Å². The van der Waals surface area contributed by atoms with Crippen LogP contribution in [0.2, 0.25) is 0 Å². The molecule has 0 unspecified atom stereocenters. The van der Waals surface area contributed by atoms with Gasteiger partial charge >= 0.3 is 0 Å². The molecule has 3 aromatic rings. The Morgan fingerprint density at radius 2 is 1.80 bits per heavy atom. The number of hydrogen-bond donors (Lipinski definition) is 2. The molecule has 0 aliphatic rings. The minimum absolute atomic E-state index is 0.0881. The lowest BCUT2D eigenvalue weighted by atomic mass is 10.0. The number of nitrogens with one attached hydrogen (secondary N) is 1. The Morgan fingerprint density at radius 3 is 2.47 bits per heavy atom. The lowest BCUT2D eigenvalue weighted by molar-refractivity contribution is -0.120. The lowest BCUT2D eigenvalue weighted by Crippen LogP contribution is -2.31. The summed E-state index contributed by atoms with van der Waals surface area (Å²) < 4.78 is 7.14. The molecule has 0 radical (unpaired) electrons. The van der Waals surface area contributed by atoms with E-state index >= 15 is 0 Å². The van der Waals surface area contributed by atoms with Gasteiger partial charge in [0.1, 0.15) is 12.4 Å². The van der Waals surface area contributed by atoms with Crippen molar-refractivity contribution in [1.29, 1.82) is 0 Å². The van der Waals surface area contributed by atoms with Crippen molar-refractivity contribution < 1.29 is 9.53 Å². The highest BCUT2D eigenvalue weighted by Crippen LogP contribution is 2.22. The van der Waals surface area contributed by atoms with E-state index in [9.17, 15) is 4.79 Å². The van der Waals surface area contributed by atoms with Crippen LogP contribution >= 0.6 is 11.8 Å². The van der Waals surface area contributed by atoms with Gasteiger partial charge in [0.05, 0.1) is 5.25 Å². The largest absolute Gasteiger partial charge is 0.486 e.